The van der Waals surface area contributed by atoms with Crippen molar-refractivity contribution in [1.29, 1.82) is 0 Å². The van der Waals surface area contributed by atoms with Crippen molar-refractivity contribution < 1.29 is 0 Å². The molecule has 5 heteroatoms. The van der Waals surface area contributed by atoms with Crippen molar-refractivity contribution in [3.05, 3.63) is 28.5 Å². The molecule has 0 fully saturated rings. The third-order valence-corrected chi connectivity index (χ3v) is 3.44. The zero-order chi connectivity index (χ0) is 10.8. The van der Waals surface area contributed by atoms with Gasteiger partial charge in [0, 0.05) is 30.5 Å². The number of anilines is 1. The van der Waals surface area contributed by atoms with E-state index in [1.165, 1.54) is 0 Å². The van der Waals surface area contributed by atoms with Crippen LogP contribution in [0.25, 0.3) is 0 Å². The van der Waals surface area contributed by atoms with Crippen molar-refractivity contribution >= 4 is 17.3 Å². The molecule has 2 rings (SSSR count). The van der Waals surface area contributed by atoms with Crippen LogP contribution < -0.4 is 5.32 Å². The van der Waals surface area contributed by atoms with E-state index >= 15 is 0 Å². The first-order chi connectivity index (χ1) is 7.22. The van der Waals surface area contributed by atoms with Crippen LogP contribution >= 0.6 is 11.3 Å². The number of imidazole rings is 1. The lowest BCUT2D eigenvalue weighted by molar-refractivity contribution is 0.640. The second-order valence-corrected chi connectivity index (χ2v) is 4.30. The summed E-state index contributed by atoms with van der Waals surface area (Å²) < 4.78 is 2.08. The maximum atomic E-state index is 4.48. The summed E-state index contributed by atoms with van der Waals surface area (Å²) in [7, 11) is 1.87. The molecule has 2 aromatic heterocycles. The molecule has 0 amide bonds. The fraction of sp³-hybridized carbons (Fsp3) is 0.400. The highest BCUT2D eigenvalue weighted by Crippen LogP contribution is 2.24. The number of hydrogen-bond donors (Lipinski definition) is 1. The monoisotopic (exact) mass is 222 g/mol. The molecular weight excluding hydrogens is 208 g/mol. The van der Waals surface area contributed by atoms with Crippen LogP contribution in [0.1, 0.15) is 23.7 Å². The molecule has 1 atom stereocenters. The molecule has 0 saturated carbocycles. The Morgan fingerprint density at radius 1 is 1.53 bits per heavy atom. The van der Waals surface area contributed by atoms with Crippen molar-refractivity contribution in [2.24, 2.45) is 0 Å². The quantitative estimate of drug-likeness (QED) is 0.866. The lowest BCUT2D eigenvalue weighted by Crippen LogP contribution is -2.09. The maximum Gasteiger partial charge on any atom is 0.203 e. The van der Waals surface area contributed by atoms with E-state index in [9.17, 15) is 0 Å². The number of nitrogens with zero attached hydrogens (tertiary/aromatic N) is 3. The van der Waals surface area contributed by atoms with Crippen LogP contribution in [0.4, 0.5) is 5.95 Å². The van der Waals surface area contributed by atoms with E-state index in [2.05, 4.69) is 32.2 Å². The fourth-order valence-corrected chi connectivity index (χ4v) is 2.35. The first-order valence-electron chi connectivity index (χ1n) is 4.85. The van der Waals surface area contributed by atoms with Crippen LogP contribution in [-0.2, 0) is 0 Å². The number of thiazole rings is 1. The predicted molar refractivity (Wildman–Crippen MR) is 62.4 cm³/mol. The highest BCUT2D eigenvalue weighted by molar-refractivity contribution is 7.09. The van der Waals surface area contributed by atoms with E-state index in [0.29, 0.717) is 0 Å². The van der Waals surface area contributed by atoms with E-state index in [1.54, 1.807) is 17.5 Å². The molecular formula is C10H14N4S. The minimum Gasteiger partial charge on any atom is -0.359 e. The zero-order valence-electron chi connectivity index (χ0n) is 9.06. The summed E-state index contributed by atoms with van der Waals surface area (Å²) in [5.74, 6) is 0.871. The molecule has 1 unspecified atom stereocenters. The van der Waals surface area contributed by atoms with Crippen LogP contribution in [0.3, 0.4) is 0 Å². The van der Waals surface area contributed by atoms with E-state index < -0.39 is 0 Å². The Bertz CT molecular complexity index is 446. The number of rotatable bonds is 3. The van der Waals surface area contributed by atoms with Gasteiger partial charge in [0.05, 0.1) is 6.04 Å². The third-order valence-electron chi connectivity index (χ3n) is 2.30. The first kappa shape index (κ1) is 10.2. The first-order valence-corrected chi connectivity index (χ1v) is 5.73. The molecule has 0 aliphatic carbocycles. The summed E-state index contributed by atoms with van der Waals surface area (Å²) in [5, 5.41) is 6.25. The van der Waals surface area contributed by atoms with E-state index in [4.69, 9.17) is 0 Å². The van der Waals surface area contributed by atoms with Gasteiger partial charge in [0.25, 0.3) is 0 Å². The molecule has 0 aliphatic heterocycles. The average Bonchev–Trinajstić information content (AvgIpc) is 2.84. The van der Waals surface area contributed by atoms with Crippen LogP contribution in [0.2, 0.25) is 0 Å². The van der Waals surface area contributed by atoms with Gasteiger partial charge in [-0.2, -0.15) is 0 Å². The number of hydrogen-bond acceptors (Lipinski definition) is 4. The van der Waals surface area contributed by atoms with Crippen LogP contribution in [0, 0.1) is 6.92 Å². The molecule has 2 heterocycles. The van der Waals surface area contributed by atoms with Gasteiger partial charge >= 0.3 is 0 Å². The number of nitrogens with one attached hydrogen (secondary N) is 1. The molecule has 15 heavy (non-hydrogen) atoms. The SMILES string of the molecule is CNc1nccn1C(C)c1nc(C)cs1. The third kappa shape index (κ3) is 1.87. The van der Waals surface area contributed by atoms with E-state index in [1.807, 2.05) is 20.2 Å². The van der Waals surface area contributed by atoms with Gasteiger partial charge in [0.1, 0.15) is 5.01 Å². The van der Waals surface area contributed by atoms with Crippen molar-refractivity contribution in [3.8, 4) is 0 Å². The summed E-state index contributed by atoms with van der Waals surface area (Å²) in [5.41, 5.74) is 1.08. The Balaban J connectivity index is 2.31. The van der Waals surface area contributed by atoms with Gasteiger partial charge in [0.15, 0.2) is 0 Å². The Hall–Kier alpha value is -1.36. The maximum absolute atomic E-state index is 4.48. The van der Waals surface area contributed by atoms with Crippen molar-refractivity contribution in [1.82, 2.24) is 14.5 Å². The Kier molecular flexibility index (Phi) is 2.73. The second kappa shape index (κ2) is 4.02. The summed E-state index contributed by atoms with van der Waals surface area (Å²) in [6.07, 6.45) is 3.76. The van der Waals surface area contributed by atoms with E-state index in [0.717, 1.165) is 16.6 Å². The predicted octanol–water partition coefficient (Wildman–Crippen LogP) is 2.30. The van der Waals surface area contributed by atoms with Crippen molar-refractivity contribution in [3.63, 3.8) is 0 Å². The van der Waals surface area contributed by atoms with Crippen molar-refractivity contribution in [2.45, 2.75) is 19.9 Å². The summed E-state index contributed by atoms with van der Waals surface area (Å²) in [6.45, 7) is 4.14. The van der Waals surface area contributed by atoms with Gasteiger partial charge in [0.2, 0.25) is 5.95 Å². The molecule has 0 radical (unpaired) electrons. The minimum absolute atomic E-state index is 0.230. The second-order valence-electron chi connectivity index (χ2n) is 3.41. The van der Waals surface area contributed by atoms with Gasteiger partial charge in [-0.3, -0.25) is 0 Å². The molecule has 4 nitrogen and oxygen atoms in total. The topological polar surface area (TPSA) is 42.7 Å². The van der Waals surface area contributed by atoms with Crippen molar-refractivity contribution in [2.75, 3.05) is 12.4 Å². The molecule has 0 spiro atoms. The molecule has 0 saturated heterocycles. The highest BCUT2D eigenvalue weighted by Gasteiger charge is 2.13. The van der Waals surface area contributed by atoms with Gasteiger partial charge in [-0.05, 0) is 13.8 Å². The number of aryl methyl sites for hydroxylation is 1. The summed E-state index contributed by atoms with van der Waals surface area (Å²) in [4.78, 5) is 8.70. The standard InChI is InChI=1S/C10H14N4S/c1-7-6-15-9(13-7)8(2)14-5-4-12-10(14)11-3/h4-6,8H,1-3H3,(H,11,12). The van der Waals surface area contributed by atoms with Gasteiger partial charge < -0.3 is 9.88 Å². The normalized spacial score (nSPS) is 12.7. The Morgan fingerprint density at radius 2 is 2.33 bits per heavy atom. The van der Waals surface area contributed by atoms with Gasteiger partial charge in [-0.15, -0.1) is 11.3 Å². The summed E-state index contributed by atoms with van der Waals surface area (Å²) in [6, 6.07) is 0.230. The highest BCUT2D eigenvalue weighted by atomic mass is 32.1. The lowest BCUT2D eigenvalue weighted by Gasteiger charge is -2.13. The summed E-state index contributed by atoms with van der Waals surface area (Å²) >= 11 is 1.69. The molecule has 80 valence electrons. The molecule has 0 bridgehead atoms. The smallest absolute Gasteiger partial charge is 0.203 e. The lowest BCUT2D eigenvalue weighted by atomic mass is 10.3. The average molecular weight is 222 g/mol. The Labute approximate surface area is 93.0 Å². The molecule has 0 aromatic carbocycles. The van der Waals surface area contributed by atoms with Crippen LogP contribution in [0.5, 0.6) is 0 Å². The van der Waals surface area contributed by atoms with Crippen LogP contribution in [0.15, 0.2) is 17.8 Å². The zero-order valence-corrected chi connectivity index (χ0v) is 9.88. The van der Waals surface area contributed by atoms with E-state index in [-0.39, 0.29) is 6.04 Å². The Morgan fingerprint density at radius 3 is 2.93 bits per heavy atom. The van der Waals surface area contributed by atoms with Gasteiger partial charge in [-0.25, -0.2) is 9.97 Å². The largest absolute Gasteiger partial charge is 0.359 e. The molecule has 2 aromatic rings. The molecule has 0 aliphatic rings. The number of aromatic nitrogens is 3. The van der Waals surface area contributed by atoms with Gasteiger partial charge in [-0.1, -0.05) is 0 Å². The minimum atomic E-state index is 0.230. The molecule has 1 N–H and O–H groups in total. The van der Waals surface area contributed by atoms with Crippen LogP contribution in [-0.4, -0.2) is 21.6 Å². The fourth-order valence-electron chi connectivity index (χ4n) is 1.50.